The molecule has 1 atom stereocenters. The van der Waals surface area contributed by atoms with Crippen molar-refractivity contribution in [3.8, 4) is 11.4 Å². The average Bonchev–Trinajstić information content (AvgIpc) is 2.50. The fourth-order valence-corrected chi connectivity index (χ4v) is 2.97. The highest BCUT2D eigenvalue weighted by atomic mass is 31.0. The Kier molecular flexibility index (Phi) is 3.81. The van der Waals surface area contributed by atoms with Crippen molar-refractivity contribution in [2.75, 3.05) is 0 Å². The molecule has 2 heterocycles. The molecule has 0 aliphatic rings. The van der Waals surface area contributed by atoms with Gasteiger partial charge >= 0.3 is 0 Å². The lowest BCUT2D eigenvalue weighted by atomic mass is 9.89. The molecule has 0 saturated heterocycles. The van der Waals surface area contributed by atoms with E-state index >= 15 is 0 Å². The van der Waals surface area contributed by atoms with Crippen LogP contribution in [0, 0.1) is 0 Å². The molecule has 3 rings (SSSR count). The van der Waals surface area contributed by atoms with Gasteiger partial charge in [0.15, 0.2) is 5.82 Å². The summed E-state index contributed by atoms with van der Waals surface area (Å²) in [6.07, 6.45) is 5.53. The van der Waals surface area contributed by atoms with Crippen molar-refractivity contribution in [3.63, 3.8) is 0 Å². The molecule has 0 aliphatic heterocycles. The standard InChI is InChI=1S/C18H20N3OP/c1-18(2,3)13-9-19-16(20-10-13)12-7-11-5-6-21(4)17(22)15(11)14(23)8-12/h5-10H,23H2,1-4H3. The van der Waals surface area contributed by atoms with Crippen LogP contribution in [0.3, 0.4) is 0 Å². The Labute approximate surface area is 137 Å². The summed E-state index contributed by atoms with van der Waals surface area (Å²) >= 11 is 0. The van der Waals surface area contributed by atoms with Crippen molar-refractivity contribution in [2.24, 2.45) is 7.05 Å². The third-order valence-corrected chi connectivity index (χ3v) is 4.44. The van der Waals surface area contributed by atoms with E-state index in [9.17, 15) is 4.79 Å². The van der Waals surface area contributed by atoms with Crippen LogP contribution >= 0.6 is 9.24 Å². The van der Waals surface area contributed by atoms with Crippen LogP contribution in [0.4, 0.5) is 0 Å². The summed E-state index contributed by atoms with van der Waals surface area (Å²) in [6, 6.07) is 5.86. The number of benzene rings is 1. The Morgan fingerprint density at radius 2 is 1.78 bits per heavy atom. The lowest BCUT2D eigenvalue weighted by Crippen LogP contribution is -2.19. The number of pyridine rings is 1. The van der Waals surface area contributed by atoms with E-state index < -0.39 is 0 Å². The maximum absolute atomic E-state index is 12.3. The minimum atomic E-state index is 0.00282. The summed E-state index contributed by atoms with van der Waals surface area (Å²) < 4.78 is 1.59. The molecule has 5 heteroatoms. The first kappa shape index (κ1) is 15.8. The first-order valence-electron chi connectivity index (χ1n) is 7.49. The number of hydrogen-bond donors (Lipinski definition) is 0. The van der Waals surface area contributed by atoms with Gasteiger partial charge in [0.2, 0.25) is 0 Å². The normalized spacial score (nSPS) is 11.9. The van der Waals surface area contributed by atoms with E-state index in [-0.39, 0.29) is 11.0 Å². The predicted molar refractivity (Wildman–Crippen MR) is 98.3 cm³/mol. The van der Waals surface area contributed by atoms with E-state index in [4.69, 9.17) is 0 Å². The zero-order chi connectivity index (χ0) is 16.8. The molecular weight excluding hydrogens is 305 g/mol. The van der Waals surface area contributed by atoms with Gasteiger partial charge in [0, 0.05) is 31.2 Å². The predicted octanol–water partition coefficient (Wildman–Crippen LogP) is 2.79. The highest BCUT2D eigenvalue weighted by Gasteiger charge is 2.15. The van der Waals surface area contributed by atoms with E-state index in [1.807, 2.05) is 30.6 Å². The van der Waals surface area contributed by atoms with Gasteiger partial charge in [-0.3, -0.25) is 4.79 Å². The van der Waals surface area contributed by atoms with E-state index in [0.717, 1.165) is 27.2 Å². The number of aryl methyl sites for hydroxylation is 1. The molecule has 0 spiro atoms. The first-order valence-corrected chi connectivity index (χ1v) is 8.07. The zero-order valence-corrected chi connectivity index (χ0v) is 14.9. The van der Waals surface area contributed by atoms with Crippen LogP contribution in [0.15, 0.2) is 41.6 Å². The van der Waals surface area contributed by atoms with Crippen LogP contribution in [0.2, 0.25) is 0 Å². The fourth-order valence-electron chi connectivity index (χ4n) is 2.50. The van der Waals surface area contributed by atoms with Crippen LogP contribution in [0.5, 0.6) is 0 Å². The maximum Gasteiger partial charge on any atom is 0.258 e. The van der Waals surface area contributed by atoms with Crippen molar-refractivity contribution in [3.05, 3.63) is 52.7 Å². The second-order valence-electron chi connectivity index (χ2n) is 6.81. The average molecular weight is 325 g/mol. The number of fused-ring (bicyclic) bond motifs is 1. The van der Waals surface area contributed by atoms with Crippen molar-refractivity contribution >= 4 is 25.3 Å². The summed E-state index contributed by atoms with van der Waals surface area (Å²) in [6.45, 7) is 6.41. The molecule has 2 aromatic heterocycles. The number of nitrogens with zero attached hydrogens (tertiary/aromatic N) is 3. The van der Waals surface area contributed by atoms with Gasteiger partial charge in [-0.05, 0) is 39.9 Å². The Balaban J connectivity index is 2.14. The molecule has 118 valence electrons. The van der Waals surface area contributed by atoms with Crippen LogP contribution in [0.25, 0.3) is 22.2 Å². The van der Waals surface area contributed by atoms with E-state index in [0.29, 0.717) is 5.82 Å². The highest BCUT2D eigenvalue weighted by Crippen LogP contribution is 2.24. The number of rotatable bonds is 1. The lowest BCUT2D eigenvalue weighted by molar-refractivity contribution is 0.584. The van der Waals surface area contributed by atoms with Gasteiger partial charge < -0.3 is 4.57 Å². The quantitative estimate of drug-likeness (QED) is 0.646. The molecule has 0 aliphatic carbocycles. The molecule has 0 amide bonds. The molecule has 23 heavy (non-hydrogen) atoms. The molecule has 0 saturated carbocycles. The largest absolute Gasteiger partial charge is 0.318 e. The molecule has 0 radical (unpaired) electrons. The molecule has 0 fully saturated rings. The van der Waals surface area contributed by atoms with Gasteiger partial charge in [0.1, 0.15) is 0 Å². The van der Waals surface area contributed by atoms with Crippen LogP contribution < -0.4 is 10.9 Å². The summed E-state index contributed by atoms with van der Waals surface area (Å²) in [4.78, 5) is 21.3. The van der Waals surface area contributed by atoms with Crippen molar-refractivity contribution in [1.82, 2.24) is 14.5 Å². The Morgan fingerprint density at radius 3 is 2.39 bits per heavy atom. The second kappa shape index (κ2) is 5.54. The summed E-state index contributed by atoms with van der Waals surface area (Å²) in [7, 11) is 4.40. The van der Waals surface area contributed by atoms with Crippen molar-refractivity contribution < 1.29 is 0 Å². The van der Waals surface area contributed by atoms with Crippen LogP contribution in [-0.4, -0.2) is 14.5 Å². The molecular formula is C18H20N3OP. The van der Waals surface area contributed by atoms with Crippen molar-refractivity contribution in [1.29, 1.82) is 0 Å². The van der Waals surface area contributed by atoms with Crippen molar-refractivity contribution in [2.45, 2.75) is 26.2 Å². The molecule has 4 nitrogen and oxygen atoms in total. The number of aromatic nitrogens is 3. The van der Waals surface area contributed by atoms with Gasteiger partial charge in [-0.15, -0.1) is 9.24 Å². The SMILES string of the molecule is Cn1ccc2cc(-c3ncc(C(C)(C)C)cn3)cc(P)c2c1=O. The zero-order valence-electron chi connectivity index (χ0n) is 13.8. The van der Waals surface area contributed by atoms with E-state index in [1.54, 1.807) is 17.8 Å². The fraction of sp³-hybridized carbons (Fsp3) is 0.278. The summed E-state index contributed by atoms with van der Waals surface area (Å²) in [5, 5.41) is 2.48. The maximum atomic E-state index is 12.3. The topological polar surface area (TPSA) is 47.8 Å². The molecule has 3 aromatic rings. The monoisotopic (exact) mass is 325 g/mol. The minimum Gasteiger partial charge on any atom is -0.318 e. The summed E-state index contributed by atoms with van der Waals surface area (Å²) in [5.74, 6) is 0.671. The van der Waals surface area contributed by atoms with E-state index in [2.05, 4.69) is 40.0 Å². The Morgan fingerprint density at radius 1 is 1.13 bits per heavy atom. The minimum absolute atomic E-state index is 0.00282. The number of hydrogen-bond acceptors (Lipinski definition) is 3. The smallest absolute Gasteiger partial charge is 0.258 e. The first-order chi connectivity index (χ1) is 10.8. The highest BCUT2D eigenvalue weighted by molar-refractivity contribution is 7.28. The lowest BCUT2D eigenvalue weighted by Gasteiger charge is -2.17. The third kappa shape index (κ3) is 2.91. The summed E-state index contributed by atoms with van der Waals surface area (Å²) in [5.41, 5.74) is 2.04. The second-order valence-corrected chi connectivity index (χ2v) is 7.43. The van der Waals surface area contributed by atoms with Gasteiger partial charge in [0.05, 0.1) is 5.39 Å². The molecule has 0 N–H and O–H groups in total. The molecule has 1 unspecified atom stereocenters. The molecule has 1 aromatic carbocycles. The Bertz CT molecular complexity index is 937. The van der Waals surface area contributed by atoms with E-state index in [1.165, 1.54) is 0 Å². The Hall–Kier alpha value is -2.06. The van der Waals surface area contributed by atoms with Gasteiger partial charge in [-0.25, -0.2) is 9.97 Å². The van der Waals surface area contributed by atoms with Gasteiger partial charge in [-0.1, -0.05) is 20.8 Å². The van der Waals surface area contributed by atoms with Crippen LogP contribution in [0.1, 0.15) is 26.3 Å². The molecule has 0 bridgehead atoms. The van der Waals surface area contributed by atoms with Gasteiger partial charge in [0.25, 0.3) is 5.56 Å². The third-order valence-electron chi connectivity index (χ3n) is 3.99. The van der Waals surface area contributed by atoms with Gasteiger partial charge in [-0.2, -0.15) is 0 Å². The van der Waals surface area contributed by atoms with Crippen LogP contribution in [-0.2, 0) is 12.5 Å².